The molecule has 0 heterocycles. The van der Waals surface area contributed by atoms with Gasteiger partial charge in [-0.1, -0.05) is 31.8 Å². The SMILES string of the molecule is C=C(C)C#CC(O)CCC. The number of aliphatic hydroxyl groups excluding tert-OH is 1. The topological polar surface area (TPSA) is 20.2 Å². The van der Waals surface area contributed by atoms with Crippen LogP contribution in [0.15, 0.2) is 12.2 Å². The third-order valence-electron chi connectivity index (χ3n) is 1.01. The van der Waals surface area contributed by atoms with E-state index in [9.17, 15) is 0 Å². The molecule has 0 aromatic carbocycles. The van der Waals surface area contributed by atoms with Gasteiger partial charge in [-0.15, -0.1) is 0 Å². The van der Waals surface area contributed by atoms with Crippen LogP contribution in [-0.2, 0) is 0 Å². The molecule has 0 radical (unpaired) electrons. The van der Waals surface area contributed by atoms with Crippen molar-refractivity contribution in [2.75, 3.05) is 0 Å². The highest BCUT2D eigenvalue weighted by Crippen LogP contribution is 1.93. The normalized spacial score (nSPS) is 11.5. The van der Waals surface area contributed by atoms with Gasteiger partial charge in [-0.25, -0.2) is 0 Å². The highest BCUT2D eigenvalue weighted by atomic mass is 16.3. The molecule has 1 heteroatoms. The predicted octanol–water partition coefficient (Wildman–Crippen LogP) is 1.73. The number of allylic oxidation sites excluding steroid dienone is 1. The number of rotatable bonds is 2. The Labute approximate surface area is 62.8 Å². The minimum Gasteiger partial charge on any atom is -0.380 e. The Balaban J connectivity index is 3.68. The fourth-order valence-electron chi connectivity index (χ4n) is 0.552. The first kappa shape index (κ1) is 9.26. The van der Waals surface area contributed by atoms with Crippen LogP contribution in [-0.4, -0.2) is 11.2 Å². The maximum Gasteiger partial charge on any atom is 0.115 e. The molecule has 1 atom stereocenters. The van der Waals surface area contributed by atoms with Gasteiger partial charge < -0.3 is 5.11 Å². The van der Waals surface area contributed by atoms with Gasteiger partial charge in [-0.05, 0) is 18.9 Å². The lowest BCUT2D eigenvalue weighted by Crippen LogP contribution is -2.00. The van der Waals surface area contributed by atoms with Gasteiger partial charge in [0.2, 0.25) is 0 Å². The van der Waals surface area contributed by atoms with Gasteiger partial charge in [0.25, 0.3) is 0 Å². The van der Waals surface area contributed by atoms with Gasteiger partial charge in [0.1, 0.15) is 6.10 Å². The van der Waals surface area contributed by atoms with Crippen molar-refractivity contribution in [2.24, 2.45) is 0 Å². The molecule has 0 spiro atoms. The lowest BCUT2D eigenvalue weighted by atomic mass is 10.2. The Morgan fingerprint density at radius 2 is 2.30 bits per heavy atom. The minimum atomic E-state index is -0.471. The molecule has 0 aromatic heterocycles. The number of hydrogen-bond acceptors (Lipinski definition) is 1. The van der Waals surface area contributed by atoms with E-state index in [1.807, 2.05) is 13.8 Å². The van der Waals surface area contributed by atoms with Crippen molar-refractivity contribution in [1.29, 1.82) is 0 Å². The van der Waals surface area contributed by atoms with E-state index >= 15 is 0 Å². The molecule has 10 heavy (non-hydrogen) atoms. The van der Waals surface area contributed by atoms with E-state index in [-0.39, 0.29) is 0 Å². The molecule has 0 aliphatic rings. The van der Waals surface area contributed by atoms with Crippen molar-refractivity contribution >= 4 is 0 Å². The van der Waals surface area contributed by atoms with Crippen molar-refractivity contribution in [2.45, 2.75) is 32.8 Å². The monoisotopic (exact) mass is 138 g/mol. The summed E-state index contributed by atoms with van der Waals surface area (Å²) in [6, 6.07) is 0. The van der Waals surface area contributed by atoms with Gasteiger partial charge in [-0.2, -0.15) is 0 Å². The van der Waals surface area contributed by atoms with Crippen LogP contribution in [0.4, 0.5) is 0 Å². The Bertz CT molecular complexity index is 159. The minimum absolute atomic E-state index is 0.471. The Kier molecular flexibility index (Phi) is 4.70. The second kappa shape index (κ2) is 5.08. The summed E-state index contributed by atoms with van der Waals surface area (Å²) in [5, 5.41) is 9.08. The highest BCUT2D eigenvalue weighted by Gasteiger charge is 1.93. The summed E-state index contributed by atoms with van der Waals surface area (Å²) in [7, 11) is 0. The summed E-state index contributed by atoms with van der Waals surface area (Å²) < 4.78 is 0. The summed E-state index contributed by atoms with van der Waals surface area (Å²) in [4.78, 5) is 0. The molecule has 1 N–H and O–H groups in total. The van der Waals surface area contributed by atoms with Crippen LogP contribution < -0.4 is 0 Å². The quantitative estimate of drug-likeness (QED) is 0.576. The molecule has 0 bridgehead atoms. The van der Waals surface area contributed by atoms with E-state index in [0.717, 1.165) is 18.4 Å². The number of aliphatic hydroxyl groups is 1. The largest absolute Gasteiger partial charge is 0.380 e. The van der Waals surface area contributed by atoms with Crippen LogP contribution >= 0.6 is 0 Å². The van der Waals surface area contributed by atoms with Crippen molar-refractivity contribution < 1.29 is 5.11 Å². The van der Waals surface area contributed by atoms with E-state index < -0.39 is 6.10 Å². The maximum atomic E-state index is 9.08. The van der Waals surface area contributed by atoms with E-state index in [1.54, 1.807) is 0 Å². The molecule has 1 unspecified atom stereocenters. The average molecular weight is 138 g/mol. The zero-order valence-corrected chi connectivity index (χ0v) is 6.65. The molecule has 0 aliphatic carbocycles. The molecular formula is C9H14O. The molecule has 0 rings (SSSR count). The van der Waals surface area contributed by atoms with Gasteiger partial charge in [-0.3, -0.25) is 0 Å². The lowest BCUT2D eigenvalue weighted by Gasteiger charge is -1.96. The van der Waals surface area contributed by atoms with E-state index in [2.05, 4.69) is 18.4 Å². The molecule has 56 valence electrons. The Morgan fingerprint density at radius 1 is 1.70 bits per heavy atom. The molecule has 0 fully saturated rings. The van der Waals surface area contributed by atoms with Crippen LogP contribution in [0.3, 0.4) is 0 Å². The molecule has 0 saturated heterocycles. The van der Waals surface area contributed by atoms with Crippen LogP contribution in [0.1, 0.15) is 26.7 Å². The molecule has 0 aliphatic heterocycles. The van der Waals surface area contributed by atoms with Crippen molar-refractivity contribution in [3.05, 3.63) is 12.2 Å². The van der Waals surface area contributed by atoms with Gasteiger partial charge in [0.15, 0.2) is 0 Å². The Morgan fingerprint density at radius 3 is 2.70 bits per heavy atom. The first-order valence-corrected chi connectivity index (χ1v) is 3.52. The lowest BCUT2D eigenvalue weighted by molar-refractivity contribution is 0.221. The van der Waals surface area contributed by atoms with Crippen molar-refractivity contribution in [1.82, 2.24) is 0 Å². The average Bonchev–Trinajstić information content (AvgIpc) is 1.85. The summed E-state index contributed by atoms with van der Waals surface area (Å²) in [5.41, 5.74) is 0.801. The van der Waals surface area contributed by atoms with Gasteiger partial charge >= 0.3 is 0 Å². The predicted molar refractivity (Wildman–Crippen MR) is 43.5 cm³/mol. The number of hydrogen-bond donors (Lipinski definition) is 1. The van der Waals surface area contributed by atoms with Gasteiger partial charge in [0.05, 0.1) is 0 Å². The van der Waals surface area contributed by atoms with Crippen LogP contribution in [0.25, 0.3) is 0 Å². The maximum absolute atomic E-state index is 9.08. The fraction of sp³-hybridized carbons (Fsp3) is 0.556. The summed E-state index contributed by atoms with van der Waals surface area (Å²) in [5.74, 6) is 5.42. The van der Waals surface area contributed by atoms with Crippen molar-refractivity contribution in [3.63, 3.8) is 0 Å². The highest BCUT2D eigenvalue weighted by molar-refractivity contribution is 5.24. The third-order valence-corrected chi connectivity index (χ3v) is 1.01. The fourth-order valence-corrected chi connectivity index (χ4v) is 0.552. The molecule has 0 amide bonds. The van der Waals surface area contributed by atoms with Crippen LogP contribution in [0, 0.1) is 11.8 Å². The first-order valence-electron chi connectivity index (χ1n) is 3.52. The summed E-state index contributed by atoms with van der Waals surface area (Å²) in [6.45, 7) is 7.45. The molecule has 0 saturated carbocycles. The summed E-state index contributed by atoms with van der Waals surface area (Å²) >= 11 is 0. The zero-order chi connectivity index (χ0) is 7.98. The van der Waals surface area contributed by atoms with E-state index in [1.165, 1.54) is 0 Å². The molecular weight excluding hydrogens is 124 g/mol. The smallest absolute Gasteiger partial charge is 0.115 e. The van der Waals surface area contributed by atoms with Crippen molar-refractivity contribution in [3.8, 4) is 11.8 Å². The van der Waals surface area contributed by atoms with E-state index in [4.69, 9.17) is 5.11 Å². The van der Waals surface area contributed by atoms with Gasteiger partial charge in [0, 0.05) is 0 Å². The second-order valence-corrected chi connectivity index (χ2v) is 2.35. The summed E-state index contributed by atoms with van der Waals surface area (Å²) in [6.07, 6.45) is 1.24. The first-order chi connectivity index (χ1) is 4.66. The zero-order valence-electron chi connectivity index (χ0n) is 6.65. The standard InChI is InChI=1S/C9H14O/c1-4-5-9(10)7-6-8(2)3/h9-10H,2,4-5H2,1,3H3. The second-order valence-electron chi connectivity index (χ2n) is 2.35. The van der Waals surface area contributed by atoms with E-state index in [0.29, 0.717) is 0 Å². The molecule has 0 aromatic rings. The Hall–Kier alpha value is -0.740. The van der Waals surface area contributed by atoms with Crippen LogP contribution in [0.5, 0.6) is 0 Å². The third kappa shape index (κ3) is 5.40. The molecule has 1 nitrogen and oxygen atoms in total. The van der Waals surface area contributed by atoms with Crippen LogP contribution in [0.2, 0.25) is 0 Å².